The lowest BCUT2D eigenvalue weighted by Gasteiger charge is -2.30. The van der Waals surface area contributed by atoms with Gasteiger partial charge in [-0.15, -0.1) is 11.3 Å². The minimum Gasteiger partial charge on any atom is -0.268 e. The monoisotopic (exact) mass is 443 g/mol. The van der Waals surface area contributed by atoms with Gasteiger partial charge >= 0.3 is 0 Å². The summed E-state index contributed by atoms with van der Waals surface area (Å²) in [5.41, 5.74) is 2.39. The number of hydrogen-bond donors (Lipinski definition) is 1. The number of aromatic nitrogens is 2. The molecular weight excluding hydrogens is 418 g/mol. The Balaban J connectivity index is 1.41. The average Bonchev–Trinajstić information content (AvgIpc) is 3.21. The Kier molecular flexibility index (Phi) is 6.17. The second-order valence-corrected chi connectivity index (χ2v) is 11.1. The lowest BCUT2D eigenvalue weighted by molar-refractivity contribution is 0.273. The van der Waals surface area contributed by atoms with Crippen molar-refractivity contribution in [1.29, 1.82) is 0 Å². The predicted molar refractivity (Wildman–Crippen MR) is 118 cm³/mol. The summed E-state index contributed by atoms with van der Waals surface area (Å²) in [6, 6.07) is 15.6. The molecular formula is C22H25N3O3S2. The summed E-state index contributed by atoms with van der Waals surface area (Å²) in [7, 11) is -3.49. The fourth-order valence-electron chi connectivity index (χ4n) is 3.90. The summed E-state index contributed by atoms with van der Waals surface area (Å²) in [5, 5.41) is 6.35. The molecule has 4 rings (SSSR count). The third-order valence-corrected chi connectivity index (χ3v) is 9.00. The van der Waals surface area contributed by atoms with E-state index in [0.717, 1.165) is 29.8 Å². The number of aryl methyl sites for hydroxylation is 1. The standard InChI is InChI=1S/C22H25N3O3S2/c1-16-13-19(22(26)24-23-16)15-20-7-8-21(29-20)30(27,28)25-11-9-18(10-12-25)14-17-5-3-2-4-6-17/h2-8,13,18H,9-12,14-15H2,1H3,(H,24,26). The van der Waals surface area contributed by atoms with Gasteiger partial charge in [-0.05, 0) is 55.9 Å². The highest BCUT2D eigenvalue weighted by molar-refractivity contribution is 7.91. The number of H-pyrrole nitrogens is 1. The maximum absolute atomic E-state index is 13.1. The zero-order valence-corrected chi connectivity index (χ0v) is 18.5. The van der Waals surface area contributed by atoms with E-state index in [0.29, 0.717) is 35.2 Å². The second-order valence-electron chi connectivity index (χ2n) is 7.80. The molecule has 0 bridgehead atoms. The molecule has 8 heteroatoms. The van der Waals surface area contributed by atoms with Crippen LogP contribution in [0.4, 0.5) is 0 Å². The number of nitrogens with one attached hydrogen (secondary N) is 1. The molecule has 3 heterocycles. The predicted octanol–water partition coefficient (Wildman–Crippen LogP) is 3.37. The Morgan fingerprint density at radius 3 is 2.60 bits per heavy atom. The van der Waals surface area contributed by atoms with Crippen LogP contribution in [0.15, 0.2) is 57.5 Å². The van der Waals surface area contributed by atoms with Crippen LogP contribution in [0.25, 0.3) is 0 Å². The van der Waals surface area contributed by atoms with E-state index in [2.05, 4.69) is 22.3 Å². The summed E-state index contributed by atoms with van der Waals surface area (Å²) >= 11 is 1.24. The molecule has 0 atom stereocenters. The maximum atomic E-state index is 13.1. The molecule has 1 saturated heterocycles. The number of hydrogen-bond acceptors (Lipinski definition) is 5. The van der Waals surface area contributed by atoms with E-state index >= 15 is 0 Å². The van der Waals surface area contributed by atoms with Crippen LogP contribution in [0.5, 0.6) is 0 Å². The van der Waals surface area contributed by atoms with E-state index in [1.54, 1.807) is 22.5 Å². The zero-order valence-electron chi connectivity index (χ0n) is 16.9. The van der Waals surface area contributed by atoms with Crippen molar-refractivity contribution in [3.05, 3.63) is 80.6 Å². The molecule has 0 radical (unpaired) electrons. The number of benzene rings is 1. The first kappa shape index (κ1) is 21.0. The van der Waals surface area contributed by atoms with Crippen LogP contribution in [0.2, 0.25) is 0 Å². The van der Waals surface area contributed by atoms with Crippen molar-refractivity contribution in [2.75, 3.05) is 13.1 Å². The maximum Gasteiger partial charge on any atom is 0.267 e. The van der Waals surface area contributed by atoms with E-state index in [9.17, 15) is 13.2 Å². The van der Waals surface area contributed by atoms with Gasteiger partial charge in [0.1, 0.15) is 4.21 Å². The molecule has 30 heavy (non-hydrogen) atoms. The summed E-state index contributed by atoms with van der Waals surface area (Å²) in [4.78, 5) is 12.8. The third kappa shape index (κ3) is 4.71. The zero-order chi connectivity index (χ0) is 21.1. The van der Waals surface area contributed by atoms with Crippen molar-refractivity contribution in [2.45, 2.75) is 36.8 Å². The average molecular weight is 444 g/mol. The highest BCUT2D eigenvalue weighted by Crippen LogP contribution is 2.30. The van der Waals surface area contributed by atoms with Crippen LogP contribution in [-0.2, 0) is 22.9 Å². The molecule has 0 aliphatic carbocycles. The van der Waals surface area contributed by atoms with Crippen molar-refractivity contribution in [3.63, 3.8) is 0 Å². The van der Waals surface area contributed by atoms with Gasteiger partial charge in [0.15, 0.2) is 0 Å². The minimum atomic E-state index is -3.49. The van der Waals surface area contributed by atoms with Gasteiger partial charge in [0.25, 0.3) is 15.6 Å². The highest BCUT2D eigenvalue weighted by atomic mass is 32.2. The molecule has 1 fully saturated rings. The Hall–Kier alpha value is -2.29. The SMILES string of the molecule is Cc1cc(Cc2ccc(S(=O)(=O)N3CCC(Cc4ccccc4)CC3)s2)c(=O)[nH]n1. The Morgan fingerprint density at radius 1 is 1.13 bits per heavy atom. The van der Waals surface area contributed by atoms with E-state index in [1.165, 1.54) is 16.9 Å². The summed E-state index contributed by atoms with van der Waals surface area (Å²) in [6.45, 7) is 2.91. The van der Waals surface area contributed by atoms with Crippen molar-refractivity contribution in [2.24, 2.45) is 5.92 Å². The van der Waals surface area contributed by atoms with Crippen LogP contribution < -0.4 is 5.56 Å². The fourth-order valence-corrected chi connectivity index (χ4v) is 6.90. The lowest BCUT2D eigenvalue weighted by atomic mass is 9.91. The quantitative estimate of drug-likeness (QED) is 0.633. The Labute approximate surface area is 180 Å². The van der Waals surface area contributed by atoms with Crippen LogP contribution in [-0.4, -0.2) is 36.0 Å². The van der Waals surface area contributed by atoms with Gasteiger partial charge in [-0.1, -0.05) is 30.3 Å². The van der Waals surface area contributed by atoms with E-state index in [1.807, 2.05) is 25.1 Å². The summed E-state index contributed by atoms with van der Waals surface area (Å²) < 4.78 is 28.1. The van der Waals surface area contributed by atoms with Gasteiger partial charge in [-0.3, -0.25) is 4.79 Å². The molecule has 158 valence electrons. The van der Waals surface area contributed by atoms with E-state index in [4.69, 9.17) is 0 Å². The molecule has 1 aromatic carbocycles. The molecule has 0 amide bonds. The molecule has 0 spiro atoms. The van der Waals surface area contributed by atoms with Crippen molar-refractivity contribution in [1.82, 2.24) is 14.5 Å². The summed E-state index contributed by atoms with van der Waals surface area (Å²) in [5.74, 6) is 0.513. The Morgan fingerprint density at radius 2 is 1.87 bits per heavy atom. The van der Waals surface area contributed by atoms with Gasteiger partial charge in [0, 0.05) is 30.0 Å². The second kappa shape index (κ2) is 8.83. The van der Waals surface area contributed by atoms with Gasteiger partial charge in [0.05, 0.1) is 5.69 Å². The number of nitrogens with zero attached hydrogens (tertiary/aromatic N) is 2. The van der Waals surface area contributed by atoms with Crippen molar-refractivity contribution < 1.29 is 8.42 Å². The van der Waals surface area contributed by atoms with Crippen LogP contribution in [0.1, 0.15) is 34.5 Å². The third-order valence-electron chi connectivity index (χ3n) is 5.55. The fraction of sp³-hybridized carbons (Fsp3) is 0.364. The number of aromatic amines is 1. The van der Waals surface area contributed by atoms with Crippen LogP contribution in [0.3, 0.4) is 0 Å². The smallest absolute Gasteiger partial charge is 0.267 e. The van der Waals surface area contributed by atoms with Crippen LogP contribution in [0, 0.1) is 12.8 Å². The van der Waals surface area contributed by atoms with E-state index < -0.39 is 10.0 Å². The molecule has 1 N–H and O–H groups in total. The molecule has 0 unspecified atom stereocenters. The lowest BCUT2D eigenvalue weighted by Crippen LogP contribution is -2.38. The Bertz CT molecular complexity index is 1160. The van der Waals surface area contributed by atoms with Crippen molar-refractivity contribution in [3.8, 4) is 0 Å². The van der Waals surface area contributed by atoms with E-state index in [-0.39, 0.29) is 5.56 Å². The van der Waals surface area contributed by atoms with Gasteiger partial charge in [-0.2, -0.15) is 9.40 Å². The molecule has 1 aliphatic rings. The van der Waals surface area contributed by atoms with Crippen LogP contribution >= 0.6 is 11.3 Å². The largest absolute Gasteiger partial charge is 0.268 e. The van der Waals surface area contributed by atoms with Gasteiger partial charge < -0.3 is 0 Å². The number of rotatable bonds is 6. The normalized spacial score (nSPS) is 16.0. The van der Waals surface area contributed by atoms with Gasteiger partial charge in [0.2, 0.25) is 0 Å². The first-order chi connectivity index (χ1) is 14.4. The highest BCUT2D eigenvalue weighted by Gasteiger charge is 2.30. The topological polar surface area (TPSA) is 83.1 Å². The molecule has 2 aromatic heterocycles. The minimum absolute atomic E-state index is 0.237. The number of sulfonamides is 1. The molecule has 1 aliphatic heterocycles. The first-order valence-electron chi connectivity index (χ1n) is 10.1. The molecule has 3 aromatic rings. The summed E-state index contributed by atoms with van der Waals surface area (Å²) in [6.07, 6.45) is 3.14. The first-order valence-corrected chi connectivity index (χ1v) is 12.4. The van der Waals surface area contributed by atoms with Gasteiger partial charge in [-0.25, -0.2) is 13.5 Å². The number of piperidine rings is 1. The molecule has 6 nitrogen and oxygen atoms in total. The number of thiophene rings is 1. The van der Waals surface area contributed by atoms with Crippen molar-refractivity contribution >= 4 is 21.4 Å². The molecule has 0 saturated carbocycles.